The van der Waals surface area contributed by atoms with E-state index in [1.165, 1.54) is 18.3 Å². The first-order chi connectivity index (χ1) is 16.0. The van der Waals surface area contributed by atoms with Gasteiger partial charge in [0.15, 0.2) is 6.61 Å². The second-order valence-electron chi connectivity index (χ2n) is 7.33. The standard InChI is InChI=1S/C24H21N3O6/c28-22(29)14-33-27-23(30)15-9-10-25-16(11-15)12-26-24(31)32-13-21-19-7-3-1-5-17(19)18-6-2-4-8-20(18)21/h1-11,21H,12-14H2,(H,26,31)(H,27,30)(H,28,29). The van der Waals surface area contributed by atoms with Crippen LogP contribution in [0.4, 0.5) is 4.79 Å². The van der Waals surface area contributed by atoms with Crippen LogP contribution in [0.15, 0.2) is 66.9 Å². The molecule has 0 bridgehead atoms. The molecule has 0 spiro atoms. The summed E-state index contributed by atoms with van der Waals surface area (Å²) in [5.41, 5.74) is 7.20. The molecule has 0 saturated carbocycles. The first-order valence-electron chi connectivity index (χ1n) is 10.2. The number of hydrogen-bond acceptors (Lipinski definition) is 6. The van der Waals surface area contributed by atoms with E-state index >= 15 is 0 Å². The van der Waals surface area contributed by atoms with Crippen LogP contribution in [0.25, 0.3) is 11.1 Å². The summed E-state index contributed by atoms with van der Waals surface area (Å²) in [6.45, 7) is -0.419. The number of amides is 2. The number of alkyl carbamates (subject to hydrolysis) is 1. The summed E-state index contributed by atoms with van der Waals surface area (Å²) in [5.74, 6) is -1.88. The maximum absolute atomic E-state index is 12.3. The van der Waals surface area contributed by atoms with Gasteiger partial charge in [-0.3, -0.25) is 14.6 Å². The van der Waals surface area contributed by atoms with Gasteiger partial charge in [-0.1, -0.05) is 48.5 Å². The highest BCUT2D eigenvalue weighted by atomic mass is 16.7. The molecule has 1 heterocycles. The summed E-state index contributed by atoms with van der Waals surface area (Å²) in [4.78, 5) is 43.4. The Morgan fingerprint density at radius 3 is 2.30 bits per heavy atom. The number of ether oxygens (including phenoxy) is 1. The number of nitrogens with one attached hydrogen (secondary N) is 2. The number of pyridine rings is 1. The molecule has 0 aliphatic heterocycles. The molecule has 4 rings (SSSR count). The molecule has 3 aromatic rings. The van der Waals surface area contributed by atoms with Crippen LogP contribution in [0.2, 0.25) is 0 Å². The van der Waals surface area contributed by atoms with Crippen LogP contribution >= 0.6 is 0 Å². The van der Waals surface area contributed by atoms with Crippen molar-refractivity contribution in [2.75, 3.05) is 13.2 Å². The maximum Gasteiger partial charge on any atom is 0.407 e. The van der Waals surface area contributed by atoms with Crippen molar-refractivity contribution in [3.8, 4) is 11.1 Å². The zero-order valence-electron chi connectivity index (χ0n) is 17.5. The van der Waals surface area contributed by atoms with Gasteiger partial charge in [-0.2, -0.15) is 0 Å². The first-order valence-corrected chi connectivity index (χ1v) is 10.2. The Kier molecular flexibility index (Phi) is 6.61. The normalized spacial score (nSPS) is 11.9. The van der Waals surface area contributed by atoms with Gasteiger partial charge < -0.3 is 15.2 Å². The van der Waals surface area contributed by atoms with Gasteiger partial charge in [0.25, 0.3) is 5.91 Å². The molecule has 0 radical (unpaired) electrons. The molecule has 1 aliphatic rings. The van der Waals surface area contributed by atoms with Crippen LogP contribution in [0.1, 0.15) is 33.1 Å². The zero-order valence-corrected chi connectivity index (χ0v) is 17.5. The number of hydrogen-bond donors (Lipinski definition) is 3. The molecule has 33 heavy (non-hydrogen) atoms. The van der Waals surface area contributed by atoms with E-state index in [9.17, 15) is 14.4 Å². The Morgan fingerprint density at radius 2 is 1.64 bits per heavy atom. The zero-order chi connectivity index (χ0) is 23.2. The van der Waals surface area contributed by atoms with Gasteiger partial charge in [0, 0.05) is 17.7 Å². The third-order valence-corrected chi connectivity index (χ3v) is 5.20. The van der Waals surface area contributed by atoms with Crippen LogP contribution < -0.4 is 10.8 Å². The molecule has 1 aliphatic carbocycles. The number of fused-ring (bicyclic) bond motifs is 3. The Labute approximate surface area is 189 Å². The van der Waals surface area contributed by atoms with E-state index in [0.717, 1.165) is 22.3 Å². The maximum atomic E-state index is 12.3. The predicted octanol–water partition coefficient (Wildman–Crippen LogP) is 2.87. The summed E-state index contributed by atoms with van der Waals surface area (Å²) in [7, 11) is 0. The minimum atomic E-state index is -1.21. The molecule has 168 valence electrons. The number of hydroxylamine groups is 1. The van der Waals surface area contributed by atoms with E-state index in [0.29, 0.717) is 5.69 Å². The van der Waals surface area contributed by atoms with Crippen molar-refractivity contribution < 1.29 is 29.1 Å². The molecule has 9 nitrogen and oxygen atoms in total. The quantitative estimate of drug-likeness (QED) is 0.453. The van der Waals surface area contributed by atoms with Crippen molar-refractivity contribution in [3.63, 3.8) is 0 Å². The smallest absolute Gasteiger partial charge is 0.407 e. The van der Waals surface area contributed by atoms with Gasteiger partial charge in [-0.25, -0.2) is 15.1 Å². The monoisotopic (exact) mass is 447 g/mol. The second-order valence-corrected chi connectivity index (χ2v) is 7.33. The van der Waals surface area contributed by atoms with E-state index in [4.69, 9.17) is 9.84 Å². The number of carbonyl (C=O) groups is 3. The molecule has 0 fully saturated rings. The molecule has 0 atom stereocenters. The van der Waals surface area contributed by atoms with Crippen LogP contribution in [-0.2, 0) is 20.9 Å². The van der Waals surface area contributed by atoms with Crippen molar-refractivity contribution in [2.45, 2.75) is 12.5 Å². The number of nitrogens with zero attached hydrogens (tertiary/aromatic N) is 1. The van der Waals surface area contributed by atoms with Gasteiger partial charge in [0.05, 0.1) is 12.2 Å². The van der Waals surface area contributed by atoms with Crippen molar-refractivity contribution in [2.24, 2.45) is 0 Å². The average molecular weight is 447 g/mol. The van der Waals surface area contributed by atoms with Crippen molar-refractivity contribution in [3.05, 3.63) is 89.2 Å². The molecule has 3 N–H and O–H groups in total. The van der Waals surface area contributed by atoms with E-state index in [1.54, 1.807) is 0 Å². The third kappa shape index (κ3) is 5.16. The topological polar surface area (TPSA) is 127 Å². The fourth-order valence-corrected chi connectivity index (χ4v) is 3.75. The lowest BCUT2D eigenvalue weighted by molar-refractivity contribution is -0.144. The van der Waals surface area contributed by atoms with Crippen LogP contribution in [-0.4, -0.2) is 41.3 Å². The Hall–Kier alpha value is -4.24. The lowest BCUT2D eigenvalue weighted by Gasteiger charge is -2.14. The van der Waals surface area contributed by atoms with E-state index in [2.05, 4.69) is 27.3 Å². The number of aliphatic carboxylic acids is 1. The Morgan fingerprint density at radius 1 is 0.970 bits per heavy atom. The summed E-state index contributed by atoms with van der Waals surface area (Å²) in [6, 6.07) is 19.0. The number of carboxylic acid groups (broad SMARTS) is 1. The highest BCUT2D eigenvalue weighted by Gasteiger charge is 2.28. The summed E-state index contributed by atoms with van der Waals surface area (Å²) >= 11 is 0. The largest absolute Gasteiger partial charge is 0.479 e. The summed E-state index contributed by atoms with van der Waals surface area (Å²) in [5, 5.41) is 11.2. The predicted molar refractivity (Wildman–Crippen MR) is 117 cm³/mol. The Balaban J connectivity index is 1.32. The summed E-state index contributed by atoms with van der Waals surface area (Å²) < 4.78 is 5.48. The molecule has 2 amide bonds. The molecule has 0 saturated heterocycles. The minimum absolute atomic E-state index is 0.0425. The molecular formula is C24H21N3O6. The van der Waals surface area contributed by atoms with E-state index in [-0.39, 0.29) is 24.6 Å². The average Bonchev–Trinajstić information content (AvgIpc) is 3.15. The van der Waals surface area contributed by atoms with Gasteiger partial charge in [-0.15, -0.1) is 0 Å². The fraction of sp³-hybridized carbons (Fsp3) is 0.167. The molecule has 1 aromatic heterocycles. The second kappa shape index (κ2) is 9.92. The minimum Gasteiger partial charge on any atom is -0.479 e. The number of benzene rings is 2. The lowest BCUT2D eigenvalue weighted by Crippen LogP contribution is -2.28. The fourth-order valence-electron chi connectivity index (χ4n) is 3.75. The highest BCUT2D eigenvalue weighted by Crippen LogP contribution is 2.44. The SMILES string of the molecule is O=C(O)CONC(=O)c1ccnc(CNC(=O)OCC2c3ccccc3-c3ccccc32)c1. The molecule has 9 heteroatoms. The number of rotatable bonds is 8. The Bertz CT molecular complexity index is 1150. The van der Waals surface area contributed by atoms with E-state index < -0.39 is 24.6 Å². The molecule has 0 unspecified atom stereocenters. The van der Waals surface area contributed by atoms with Crippen LogP contribution in [0, 0.1) is 0 Å². The van der Waals surface area contributed by atoms with Gasteiger partial charge >= 0.3 is 12.1 Å². The van der Waals surface area contributed by atoms with Gasteiger partial charge in [0.2, 0.25) is 0 Å². The number of carboxylic acids is 1. The van der Waals surface area contributed by atoms with Gasteiger partial charge in [-0.05, 0) is 34.4 Å². The van der Waals surface area contributed by atoms with Crippen molar-refractivity contribution in [1.29, 1.82) is 0 Å². The summed E-state index contributed by atoms with van der Waals surface area (Å²) in [6.07, 6.45) is 0.805. The number of carbonyl (C=O) groups excluding carboxylic acids is 2. The van der Waals surface area contributed by atoms with Crippen molar-refractivity contribution in [1.82, 2.24) is 15.8 Å². The number of aromatic nitrogens is 1. The lowest BCUT2D eigenvalue weighted by atomic mass is 9.98. The van der Waals surface area contributed by atoms with Gasteiger partial charge in [0.1, 0.15) is 6.61 Å². The van der Waals surface area contributed by atoms with Crippen LogP contribution in [0.5, 0.6) is 0 Å². The van der Waals surface area contributed by atoms with Crippen molar-refractivity contribution >= 4 is 18.0 Å². The third-order valence-electron chi connectivity index (χ3n) is 5.20. The molecule has 2 aromatic carbocycles. The van der Waals surface area contributed by atoms with E-state index in [1.807, 2.05) is 41.9 Å². The first kappa shape index (κ1) is 22.0. The van der Waals surface area contributed by atoms with Crippen LogP contribution in [0.3, 0.4) is 0 Å². The highest BCUT2D eigenvalue weighted by molar-refractivity contribution is 5.93. The molecular weight excluding hydrogens is 426 g/mol.